The van der Waals surface area contributed by atoms with Crippen LogP contribution in [-0.4, -0.2) is 24.4 Å². The van der Waals surface area contributed by atoms with Crippen molar-refractivity contribution >= 4 is 23.2 Å². The second-order valence-corrected chi connectivity index (χ2v) is 6.94. The van der Waals surface area contributed by atoms with E-state index in [1.54, 1.807) is 6.07 Å². The molecule has 1 fully saturated rings. The Morgan fingerprint density at radius 2 is 2.08 bits per heavy atom. The van der Waals surface area contributed by atoms with E-state index < -0.39 is 6.04 Å². The SMILES string of the molecule is Cc1ccc(F)c2c1NC(C(=O)Nc1cccc(C3CNC(=O)C3)c1)C2. The molecule has 134 valence electrons. The van der Waals surface area contributed by atoms with E-state index in [0.29, 0.717) is 30.6 Å². The maximum atomic E-state index is 14.0. The summed E-state index contributed by atoms with van der Waals surface area (Å²) in [4.78, 5) is 24.0. The number of hydrogen-bond acceptors (Lipinski definition) is 3. The highest BCUT2D eigenvalue weighted by molar-refractivity contribution is 5.98. The molecule has 26 heavy (non-hydrogen) atoms. The molecule has 0 bridgehead atoms. The molecule has 2 atom stereocenters. The summed E-state index contributed by atoms with van der Waals surface area (Å²) < 4.78 is 14.0. The number of carbonyl (C=O) groups is 2. The molecular formula is C20H20FN3O2. The summed E-state index contributed by atoms with van der Waals surface area (Å²) in [5.74, 6) is -0.300. The van der Waals surface area contributed by atoms with Crippen LogP contribution in [0.15, 0.2) is 36.4 Å². The number of fused-ring (bicyclic) bond motifs is 1. The third kappa shape index (κ3) is 3.03. The predicted octanol–water partition coefficient (Wildman–Crippen LogP) is 2.71. The van der Waals surface area contributed by atoms with Gasteiger partial charge in [0.25, 0.3) is 0 Å². The van der Waals surface area contributed by atoms with Crippen molar-refractivity contribution < 1.29 is 14.0 Å². The lowest BCUT2D eigenvalue weighted by molar-refractivity contribution is -0.119. The highest BCUT2D eigenvalue weighted by Gasteiger charge is 2.30. The van der Waals surface area contributed by atoms with Crippen LogP contribution in [0.3, 0.4) is 0 Å². The van der Waals surface area contributed by atoms with E-state index in [9.17, 15) is 14.0 Å². The molecule has 2 aromatic rings. The Labute approximate surface area is 151 Å². The summed E-state index contributed by atoms with van der Waals surface area (Å²) in [5, 5.41) is 8.86. The Kier molecular flexibility index (Phi) is 4.11. The lowest BCUT2D eigenvalue weighted by Gasteiger charge is -2.14. The van der Waals surface area contributed by atoms with Crippen molar-refractivity contribution in [1.29, 1.82) is 0 Å². The van der Waals surface area contributed by atoms with Crippen LogP contribution in [0.25, 0.3) is 0 Å². The molecule has 2 unspecified atom stereocenters. The lowest BCUT2D eigenvalue weighted by atomic mass is 9.98. The van der Waals surface area contributed by atoms with Gasteiger partial charge in [-0.25, -0.2) is 4.39 Å². The van der Waals surface area contributed by atoms with E-state index in [1.165, 1.54) is 6.07 Å². The van der Waals surface area contributed by atoms with Gasteiger partial charge in [0, 0.05) is 42.2 Å². The number of aryl methyl sites for hydroxylation is 1. The first-order valence-corrected chi connectivity index (χ1v) is 8.73. The second kappa shape index (κ2) is 6.44. The normalized spacial score (nSPS) is 21.1. The monoisotopic (exact) mass is 353 g/mol. The van der Waals surface area contributed by atoms with Crippen LogP contribution in [0.1, 0.15) is 29.0 Å². The smallest absolute Gasteiger partial charge is 0.247 e. The predicted molar refractivity (Wildman–Crippen MR) is 97.7 cm³/mol. The zero-order chi connectivity index (χ0) is 18.3. The van der Waals surface area contributed by atoms with Crippen LogP contribution in [0.4, 0.5) is 15.8 Å². The molecule has 3 N–H and O–H groups in total. The van der Waals surface area contributed by atoms with Gasteiger partial charge in [0.15, 0.2) is 0 Å². The number of rotatable bonds is 3. The first-order chi connectivity index (χ1) is 12.5. The number of halogens is 1. The number of amides is 2. The molecule has 2 aliphatic rings. The van der Waals surface area contributed by atoms with Crippen molar-refractivity contribution in [2.75, 3.05) is 17.2 Å². The van der Waals surface area contributed by atoms with E-state index in [-0.39, 0.29) is 23.5 Å². The van der Waals surface area contributed by atoms with Crippen LogP contribution in [0.2, 0.25) is 0 Å². The minimum Gasteiger partial charge on any atom is -0.373 e. The van der Waals surface area contributed by atoms with Crippen LogP contribution in [0, 0.1) is 12.7 Å². The van der Waals surface area contributed by atoms with Crippen molar-refractivity contribution in [3.63, 3.8) is 0 Å². The molecule has 4 rings (SSSR count). The van der Waals surface area contributed by atoms with Crippen molar-refractivity contribution in [3.8, 4) is 0 Å². The van der Waals surface area contributed by atoms with E-state index in [2.05, 4.69) is 16.0 Å². The van der Waals surface area contributed by atoms with Gasteiger partial charge in [-0.15, -0.1) is 0 Å². The molecule has 2 heterocycles. The quantitative estimate of drug-likeness (QED) is 0.795. The summed E-state index contributed by atoms with van der Waals surface area (Å²) in [6.07, 6.45) is 0.796. The summed E-state index contributed by atoms with van der Waals surface area (Å²) in [5.41, 5.74) is 3.91. The van der Waals surface area contributed by atoms with Crippen LogP contribution in [0.5, 0.6) is 0 Å². The first-order valence-electron chi connectivity index (χ1n) is 8.73. The molecule has 5 nitrogen and oxygen atoms in total. The van der Waals surface area contributed by atoms with Gasteiger partial charge in [-0.05, 0) is 36.2 Å². The highest BCUT2D eigenvalue weighted by atomic mass is 19.1. The molecule has 2 amide bonds. The summed E-state index contributed by atoms with van der Waals surface area (Å²) in [6, 6.07) is 10.2. The maximum absolute atomic E-state index is 14.0. The number of nitrogens with one attached hydrogen (secondary N) is 3. The molecule has 2 aromatic carbocycles. The molecular weight excluding hydrogens is 333 g/mol. The zero-order valence-corrected chi connectivity index (χ0v) is 14.4. The average Bonchev–Trinajstić information content (AvgIpc) is 3.26. The van der Waals surface area contributed by atoms with Gasteiger partial charge in [-0.1, -0.05) is 18.2 Å². The molecule has 0 aromatic heterocycles. The van der Waals surface area contributed by atoms with Gasteiger partial charge in [0.1, 0.15) is 11.9 Å². The second-order valence-electron chi connectivity index (χ2n) is 6.94. The standard InChI is InChI=1S/C20H20FN3O2/c1-11-5-6-16(21)15-9-17(24-19(11)15)20(26)23-14-4-2-3-12(7-14)13-8-18(25)22-10-13/h2-7,13,17,24H,8-10H2,1H3,(H,22,25)(H,23,26). The van der Waals surface area contributed by atoms with Crippen molar-refractivity contribution in [2.24, 2.45) is 0 Å². The Hall–Kier alpha value is -2.89. The maximum Gasteiger partial charge on any atom is 0.247 e. The van der Waals surface area contributed by atoms with E-state index in [1.807, 2.05) is 31.2 Å². The number of anilines is 2. The third-order valence-corrected chi connectivity index (χ3v) is 5.11. The largest absolute Gasteiger partial charge is 0.373 e. The fraction of sp³-hybridized carbons (Fsp3) is 0.300. The van der Waals surface area contributed by atoms with Crippen molar-refractivity contribution in [3.05, 3.63) is 58.9 Å². The molecule has 0 saturated carbocycles. The van der Waals surface area contributed by atoms with E-state index in [0.717, 1.165) is 16.8 Å². The zero-order valence-electron chi connectivity index (χ0n) is 14.4. The van der Waals surface area contributed by atoms with Gasteiger partial charge in [0.05, 0.1) is 0 Å². The number of hydrogen-bond donors (Lipinski definition) is 3. The fourth-order valence-corrected chi connectivity index (χ4v) is 3.67. The molecule has 6 heteroatoms. The van der Waals surface area contributed by atoms with E-state index in [4.69, 9.17) is 0 Å². The van der Waals surface area contributed by atoms with Gasteiger partial charge in [-0.2, -0.15) is 0 Å². The summed E-state index contributed by atoms with van der Waals surface area (Å²) in [6.45, 7) is 2.51. The lowest BCUT2D eigenvalue weighted by Crippen LogP contribution is -2.32. The number of benzene rings is 2. The molecule has 0 aliphatic carbocycles. The molecule has 2 aliphatic heterocycles. The van der Waals surface area contributed by atoms with Gasteiger partial charge >= 0.3 is 0 Å². The van der Waals surface area contributed by atoms with Gasteiger partial charge in [-0.3, -0.25) is 9.59 Å². The van der Waals surface area contributed by atoms with Crippen molar-refractivity contribution in [2.45, 2.75) is 31.7 Å². The minimum absolute atomic E-state index is 0.0507. The van der Waals surface area contributed by atoms with Crippen LogP contribution >= 0.6 is 0 Å². The van der Waals surface area contributed by atoms with Crippen molar-refractivity contribution in [1.82, 2.24) is 5.32 Å². The number of carbonyl (C=O) groups excluding carboxylic acids is 2. The topological polar surface area (TPSA) is 70.2 Å². The van der Waals surface area contributed by atoms with E-state index >= 15 is 0 Å². The first kappa shape index (κ1) is 16.6. The molecule has 0 spiro atoms. The van der Waals surface area contributed by atoms with Gasteiger partial charge in [0.2, 0.25) is 11.8 Å². The summed E-state index contributed by atoms with van der Waals surface area (Å²) in [7, 11) is 0. The Balaban J connectivity index is 1.47. The minimum atomic E-state index is -0.501. The van der Waals surface area contributed by atoms with Gasteiger partial charge < -0.3 is 16.0 Å². The Morgan fingerprint density at radius 3 is 2.81 bits per heavy atom. The average molecular weight is 353 g/mol. The highest BCUT2D eigenvalue weighted by Crippen LogP contribution is 2.32. The van der Waals surface area contributed by atoms with Crippen LogP contribution in [-0.2, 0) is 16.0 Å². The fourth-order valence-electron chi connectivity index (χ4n) is 3.67. The summed E-state index contributed by atoms with van der Waals surface area (Å²) >= 11 is 0. The molecule has 1 saturated heterocycles. The Morgan fingerprint density at radius 1 is 1.23 bits per heavy atom. The third-order valence-electron chi connectivity index (χ3n) is 5.11. The van der Waals surface area contributed by atoms with Crippen LogP contribution < -0.4 is 16.0 Å². The Bertz CT molecular complexity index is 866. The molecule has 0 radical (unpaired) electrons.